The molecule has 1 aromatic heterocycles. The Morgan fingerprint density at radius 2 is 2.06 bits per heavy atom. The molecule has 2 rings (SSSR count). The molecular weight excluding hydrogens is 224 g/mol. The highest BCUT2D eigenvalue weighted by Crippen LogP contribution is 2.18. The predicted molar refractivity (Wildman–Crippen MR) is 75.0 cm³/mol. The average molecular weight is 244 g/mol. The summed E-state index contributed by atoms with van der Waals surface area (Å²) in [5.74, 6) is 0.751. The van der Waals surface area contributed by atoms with Gasteiger partial charge in [-0.3, -0.25) is 9.69 Å². The van der Waals surface area contributed by atoms with Crippen molar-refractivity contribution in [3.8, 4) is 0 Å². The number of aromatic amines is 1. The number of aromatic nitrogens is 1. The van der Waals surface area contributed by atoms with Gasteiger partial charge in [0.25, 0.3) is 0 Å². The van der Waals surface area contributed by atoms with Gasteiger partial charge in [-0.2, -0.15) is 0 Å². The van der Waals surface area contributed by atoms with Crippen LogP contribution in [0.5, 0.6) is 0 Å². The summed E-state index contributed by atoms with van der Waals surface area (Å²) in [5.41, 5.74) is 1.81. The number of likely N-dealkylation sites (N-methyl/N-ethyl adjacent to an activating group) is 1. The number of H-pyrrole nitrogens is 1. The normalized spacial score (nSPS) is 11.6. The van der Waals surface area contributed by atoms with Crippen LogP contribution in [0.3, 0.4) is 0 Å². The number of nitrogens with zero attached hydrogens (tertiary/aromatic N) is 1. The Morgan fingerprint density at radius 1 is 1.33 bits per heavy atom. The van der Waals surface area contributed by atoms with Gasteiger partial charge in [0, 0.05) is 29.2 Å². The van der Waals surface area contributed by atoms with E-state index >= 15 is 0 Å². The molecule has 0 saturated carbocycles. The molecule has 0 saturated heterocycles. The van der Waals surface area contributed by atoms with Crippen molar-refractivity contribution in [2.45, 2.75) is 13.8 Å². The van der Waals surface area contributed by atoms with E-state index in [4.69, 9.17) is 0 Å². The van der Waals surface area contributed by atoms with Crippen LogP contribution in [0, 0.1) is 5.92 Å². The van der Waals surface area contributed by atoms with Gasteiger partial charge in [0.2, 0.25) is 0 Å². The minimum absolute atomic E-state index is 0.176. The van der Waals surface area contributed by atoms with Crippen molar-refractivity contribution in [2.24, 2.45) is 5.92 Å². The summed E-state index contributed by atoms with van der Waals surface area (Å²) in [7, 11) is 1.99. The monoisotopic (exact) mass is 244 g/mol. The molecule has 0 radical (unpaired) electrons. The van der Waals surface area contributed by atoms with Crippen LogP contribution in [0.2, 0.25) is 0 Å². The van der Waals surface area contributed by atoms with Gasteiger partial charge in [0.05, 0.1) is 6.54 Å². The number of benzene rings is 1. The van der Waals surface area contributed by atoms with E-state index in [0.717, 1.165) is 23.0 Å². The molecule has 0 bridgehead atoms. The van der Waals surface area contributed by atoms with Crippen LogP contribution >= 0.6 is 0 Å². The Labute approximate surface area is 108 Å². The Balaban J connectivity index is 2.14. The maximum absolute atomic E-state index is 12.3. The van der Waals surface area contributed by atoms with Crippen molar-refractivity contribution < 1.29 is 4.79 Å². The highest BCUT2D eigenvalue weighted by Gasteiger charge is 2.14. The van der Waals surface area contributed by atoms with Crippen LogP contribution in [0.15, 0.2) is 30.5 Å². The van der Waals surface area contributed by atoms with Crippen LogP contribution < -0.4 is 0 Å². The molecule has 3 heteroatoms. The van der Waals surface area contributed by atoms with Crippen LogP contribution in [0.1, 0.15) is 24.2 Å². The second-order valence-corrected chi connectivity index (χ2v) is 5.26. The van der Waals surface area contributed by atoms with Gasteiger partial charge in [0.15, 0.2) is 5.78 Å². The van der Waals surface area contributed by atoms with E-state index in [9.17, 15) is 4.79 Å². The third kappa shape index (κ3) is 2.79. The van der Waals surface area contributed by atoms with E-state index in [1.54, 1.807) is 0 Å². The molecule has 0 spiro atoms. The van der Waals surface area contributed by atoms with E-state index in [2.05, 4.69) is 23.7 Å². The molecule has 1 aromatic carbocycles. The standard InChI is InChI=1S/C15H20N2O/c1-11(2)9-17(3)10-15(18)13-8-16-14-7-5-4-6-12(13)14/h4-8,11,16H,9-10H2,1-3H3. The fourth-order valence-corrected chi connectivity index (χ4v) is 2.32. The lowest BCUT2D eigenvalue weighted by molar-refractivity contribution is 0.0942. The summed E-state index contributed by atoms with van der Waals surface area (Å²) in [6, 6.07) is 7.91. The molecule has 0 amide bonds. The van der Waals surface area contributed by atoms with Gasteiger partial charge in [-0.1, -0.05) is 32.0 Å². The zero-order valence-electron chi connectivity index (χ0n) is 11.2. The van der Waals surface area contributed by atoms with Gasteiger partial charge < -0.3 is 4.98 Å². The van der Waals surface area contributed by atoms with Crippen molar-refractivity contribution in [1.29, 1.82) is 0 Å². The SMILES string of the molecule is CC(C)CN(C)CC(=O)c1c[nH]c2ccccc12. The van der Waals surface area contributed by atoms with Crippen molar-refractivity contribution >= 4 is 16.7 Å². The van der Waals surface area contributed by atoms with Gasteiger partial charge >= 0.3 is 0 Å². The Morgan fingerprint density at radius 3 is 2.78 bits per heavy atom. The minimum atomic E-state index is 0.176. The Kier molecular flexibility index (Phi) is 3.82. The maximum atomic E-state index is 12.3. The number of Topliss-reactive ketones (excluding diaryl/α,β-unsaturated/α-hetero) is 1. The fourth-order valence-electron chi connectivity index (χ4n) is 2.32. The number of fused-ring (bicyclic) bond motifs is 1. The van der Waals surface area contributed by atoms with E-state index in [1.807, 2.05) is 37.5 Å². The highest BCUT2D eigenvalue weighted by molar-refractivity contribution is 6.08. The largest absolute Gasteiger partial charge is 0.360 e. The van der Waals surface area contributed by atoms with Gasteiger partial charge in [-0.25, -0.2) is 0 Å². The zero-order valence-corrected chi connectivity index (χ0v) is 11.2. The fraction of sp³-hybridized carbons (Fsp3) is 0.400. The molecule has 18 heavy (non-hydrogen) atoms. The topological polar surface area (TPSA) is 36.1 Å². The zero-order chi connectivity index (χ0) is 13.1. The van der Waals surface area contributed by atoms with E-state index in [-0.39, 0.29) is 5.78 Å². The second-order valence-electron chi connectivity index (χ2n) is 5.26. The van der Waals surface area contributed by atoms with Crippen LogP contribution in [-0.2, 0) is 0 Å². The van der Waals surface area contributed by atoms with Crippen molar-refractivity contribution in [3.63, 3.8) is 0 Å². The Bertz CT molecular complexity index is 542. The summed E-state index contributed by atoms with van der Waals surface area (Å²) in [6.45, 7) is 5.73. The first kappa shape index (κ1) is 12.8. The maximum Gasteiger partial charge on any atom is 0.178 e. The number of carbonyl (C=O) groups excluding carboxylic acids is 1. The average Bonchev–Trinajstić information content (AvgIpc) is 2.71. The molecule has 1 N–H and O–H groups in total. The number of hydrogen-bond donors (Lipinski definition) is 1. The van der Waals surface area contributed by atoms with Crippen LogP contribution in [-0.4, -0.2) is 35.8 Å². The molecule has 0 atom stereocenters. The molecule has 3 nitrogen and oxygen atoms in total. The third-order valence-corrected chi connectivity index (χ3v) is 2.98. The summed E-state index contributed by atoms with van der Waals surface area (Å²) in [6.07, 6.45) is 1.82. The second kappa shape index (κ2) is 5.36. The smallest absolute Gasteiger partial charge is 0.178 e. The number of hydrogen-bond acceptors (Lipinski definition) is 2. The molecule has 0 fully saturated rings. The first-order valence-electron chi connectivity index (χ1n) is 6.35. The predicted octanol–water partition coefficient (Wildman–Crippen LogP) is 2.94. The van der Waals surface area contributed by atoms with E-state index in [1.165, 1.54) is 0 Å². The lowest BCUT2D eigenvalue weighted by atomic mass is 10.1. The van der Waals surface area contributed by atoms with Crippen LogP contribution in [0.25, 0.3) is 10.9 Å². The lowest BCUT2D eigenvalue weighted by Crippen LogP contribution is -2.29. The first-order valence-corrected chi connectivity index (χ1v) is 6.35. The number of nitrogens with one attached hydrogen (secondary N) is 1. The summed E-state index contributed by atoms with van der Waals surface area (Å²) < 4.78 is 0. The molecule has 0 aliphatic rings. The molecular formula is C15H20N2O. The van der Waals surface area contributed by atoms with E-state index in [0.29, 0.717) is 12.5 Å². The third-order valence-electron chi connectivity index (χ3n) is 2.98. The molecule has 0 aliphatic heterocycles. The molecule has 2 aromatic rings. The van der Waals surface area contributed by atoms with Gasteiger partial charge in [-0.15, -0.1) is 0 Å². The summed E-state index contributed by atoms with van der Waals surface area (Å²) >= 11 is 0. The molecule has 0 unspecified atom stereocenters. The van der Waals surface area contributed by atoms with Crippen LogP contribution in [0.4, 0.5) is 0 Å². The Hall–Kier alpha value is -1.61. The quantitative estimate of drug-likeness (QED) is 0.821. The summed E-state index contributed by atoms with van der Waals surface area (Å²) in [5, 5.41) is 1.01. The lowest BCUT2D eigenvalue weighted by Gasteiger charge is -2.17. The van der Waals surface area contributed by atoms with Gasteiger partial charge in [-0.05, 0) is 19.0 Å². The van der Waals surface area contributed by atoms with E-state index < -0.39 is 0 Å². The number of para-hydroxylation sites is 1. The summed E-state index contributed by atoms with van der Waals surface area (Å²) in [4.78, 5) is 17.5. The molecule has 1 heterocycles. The van der Waals surface area contributed by atoms with Crippen molar-refractivity contribution in [3.05, 3.63) is 36.0 Å². The number of rotatable bonds is 5. The van der Waals surface area contributed by atoms with Gasteiger partial charge in [0.1, 0.15) is 0 Å². The first-order chi connectivity index (χ1) is 8.58. The van der Waals surface area contributed by atoms with Crippen molar-refractivity contribution in [1.82, 2.24) is 9.88 Å². The molecule has 96 valence electrons. The van der Waals surface area contributed by atoms with Crippen molar-refractivity contribution in [2.75, 3.05) is 20.1 Å². The number of ketones is 1. The highest BCUT2D eigenvalue weighted by atomic mass is 16.1. The number of carbonyl (C=O) groups is 1. The minimum Gasteiger partial charge on any atom is -0.360 e. The molecule has 0 aliphatic carbocycles.